The minimum atomic E-state index is -1.31. The van der Waals surface area contributed by atoms with Crippen LogP contribution in [0.4, 0.5) is 0 Å². The molecule has 0 fully saturated rings. The van der Waals surface area contributed by atoms with Gasteiger partial charge in [-0.1, -0.05) is 13.8 Å². The molecule has 0 atom stereocenters. The second-order valence-electron chi connectivity index (χ2n) is 2.71. The van der Waals surface area contributed by atoms with Crippen LogP contribution in [0.2, 0.25) is 0 Å². The lowest BCUT2D eigenvalue weighted by molar-refractivity contribution is -0.147. The van der Waals surface area contributed by atoms with Crippen LogP contribution in [0, 0.1) is 0 Å². The van der Waals surface area contributed by atoms with Crippen LogP contribution in [0.1, 0.15) is 33.1 Å². The molecule has 0 unspecified atom stereocenters. The normalized spacial score (nSPS) is 8.71. The highest BCUT2D eigenvalue weighted by Crippen LogP contribution is 1.74. The van der Waals surface area contributed by atoms with Gasteiger partial charge in [-0.05, 0) is 25.9 Å². The van der Waals surface area contributed by atoms with Crippen LogP contribution in [-0.2, 0) is 9.59 Å². The van der Waals surface area contributed by atoms with Gasteiger partial charge in [0, 0.05) is 0 Å². The largest absolute Gasteiger partial charge is 0.481 e. The average Bonchev–Trinajstić information content (AvgIpc) is 2.04. The molecule has 0 aliphatic rings. The molecule has 0 bridgehead atoms. The molecule has 0 saturated carbocycles. The monoisotopic (exact) mass is 205 g/mol. The molecule has 0 aromatic heterocycles. The maximum atomic E-state index is 9.43. The van der Waals surface area contributed by atoms with Gasteiger partial charge >= 0.3 is 11.9 Å². The maximum absolute atomic E-state index is 9.43. The van der Waals surface area contributed by atoms with Gasteiger partial charge in [0.1, 0.15) is 6.42 Å². The summed E-state index contributed by atoms with van der Waals surface area (Å²) in [5, 5.41) is 18.7. The number of carbonyl (C=O) groups is 2. The lowest BCUT2D eigenvalue weighted by Crippen LogP contribution is -2.14. The van der Waals surface area contributed by atoms with E-state index in [9.17, 15) is 9.59 Å². The summed E-state index contributed by atoms with van der Waals surface area (Å²) in [6, 6.07) is 0. The molecule has 0 rings (SSSR count). The van der Waals surface area contributed by atoms with Crippen molar-refractivity contribution in [2.75, 3.05) is 13.1 Å². The van der Waals surface area contributed by atoms with E-state index in [0.717, 1.165) is 0 Å². The number of nitrogens with one attached hydrogen (secondary N) is 1. The molecular formula is C9H19NO4. The molecule has 0 aliphatic carbocycles. The van der Waals surface area contributed by atoms with Crippen LogP contribution in [0.5, 0.6) is 0 Å². The van der Waals surface area contributed by atoms with Crippen LogP contribution in [0.25, 0.3) is 0 Å². The second kappa shape index (κ2) is 11.9. The lowest BCUT2D eigenvalue weighted by Gasteiger charge is -1.95. The Balaban J connectivity index is 0. The predicted octanol–water partition coefficient (Wildman–Crippen LogP) is 0.942. The van der Waals surface area contributed by atoms with Crippen molar-refractivity contribution in [2.45, 2.75) is 33.1 Å². The van der Waals surface area contributed by atoms with E-state index in [-0.39, 0.29) is 0 Å². The van der Waals surface area contributed by atoms with Gasteiger partial charge in [0.25, 0.3) is 0 Å². The first-order chi connectivity index (χ1) is 6.54. The summed E-state index contributed by atoms with van der Waals surface area (Å²) in [7, 11) is 0. The standard InChI is InChI=1S/C6H15N.C3H4O4/c1-3-5-7-6-4-2;4-2(5)1-3(6)7/h7H,3-6H2,1-2H3;1H2,(H,4,5)(H,6,7). The summed E-state index contributed by atoms with van der Waals surface area (Å²) in [4.78, 5) is 18.9. The van der Waals surface area contributed by atoms with Gasteiger partial charge < -0.3 is 15.5 Å². The Morgan fingerprint density at radius 2 is 1.36 bits per heavy atom. The third kappa shape index (κ3) is 22.4. The van der Waals surface area contributed by atoms with Gasteiger partial charge in [0.05, 0.1) is 0 Å². The third-order valence-electron chi connectivity index (χ3n) is 1.16. The zero-order chi connectivity index (χ0) is 11.4. The van der Waals surface area contributed by atoms with Gasteiger partial charge in [-0.3, -0.25) is 9.59 Å². The molecule has 0 aliphatic heterocycles. The van der Waals surface area contributed by atoms with Gasteiger partial charge in [0.15, 0.2) is 0 Å². The zero-order valence-electron chi connectivity index (χ0n) is 8.75. The fraction of sp³-hybridized carbons (Fsp3) is 0.778. The van der Waals surface area contributed by atoms with Crippen molar-refractivity contribution < 1.29 is 19.8 Å². The van der Waals surface area contributed by atoms with Crippen LogP contribution >= 0.6 is 0 Å². The zero-order valence-corrected chi connectivity index (χ0v) is 8.75. The van der Waals surface area contributed by atoms with E-state index in [1.54, 1.807) is 0 Å². The van der Waals surface area contributed by atoms with Gasteiger partial charge in [-0.15, -0.1) is 0 Å². The molecule has 5 heteroatoms. The number of hydrogen-bond donors (Lipinski definition) is 3. The fourth-order valence-corrected chi connectivity index (χ4v) is 0.608. The topological polar surface area (TPSA) is 86.6 Å². The summed E-state index contributed by atoms with van der Waals surface area (Å²) >= 11 is 0. The molecule has 14 heavy (non-hydrogen) atoms. The maximum Gasteiger partial charge on any atom is 0.314 e. The quantitative estimate of drug-likeness (QED) is 0.444. The summed E-state index contributed by atoms with van der Waals surface area (Å²) in [6.45, 7) is 6.72. The summed E-state index contributed by atoms with van der Waals surface area (Å²) in [6.07, 6.45) is 1.69. The predicted molar refractivity (Wildman–Crippen MR) is 53.3 cm³/mol. The minimum Gasteiger partial charge on any atom is -0.481 e. The van der Waals surface area contributed by atoms with Crippen molar-refractivity contribution in [2.24, 2.45) is 0 Å². The summed E-state index contributed by atoms with van der Waals surface area (Å²) in [5.41, 5.74) is 0. The summed E-state index contributed by atoms with van der Waals surface area (Å²) < 4.78 is 0. The Morgan fingerprint density at radius 3 is 1.50 bits per heavy atom. The van der Waals surface area contributed by atoms with Gasteiger partial charge in [0.2, 0.25) is 0 Å². The van der Waals surface area contributed by atoms with Crippen LogP contribution in [0.15, 0.2) is 0 Å². The van der Waals surface area contributed by atoms with Crippen molar-refractivity contribution >= 4 is 11.9 Å². The van der Waals surface area contributed by atoms with E-state index in [1.807, 2.05) is 0 Å². The first kappa shape index (κ1) is 15.4. The van der Waals surface area contributed by atoms with Gasteiger partial charge in [-0.25, -0.2) is 0 Å². The fourth-order valence-electron chi connectivity index (χ4n) is 0.608. The Hall–Kier alpha value is -1.10. The van der Waals surface area contributed by atoms with E-state index in [2.05, 4.69) is 19.2 Å². The Labute approximate surface area is 84.1 Å². The van der Waals surface area contributed by atoms with Crippen molar-refractivity contribution in [3.05, 3.63) is 0 Å². The highest BCUT2D eigenvalue weighted by atomic mass is 16.4. The molecule has 3 N–H and O–H groups in total. The third-order valence-corrected chi connectivity index (χ3v) is 1.16. The average molecular weight is 205 g/mol. The molecule has 0 heterocycles. The first-order valence-corrected chi connectivity index (χ1v) is 4.68. The van der Waals surface area contributed by atoms with Gasteiger partial charge in [-0.2, -0.15) is 0 Å². The van der Waals surface area contributed by atoms with Crippen LogP contribution < -0.4 is 5.32 Å². The Bertz CT molecular complexity index is 143. The molecule has 0 aromatic carbocycles. The number of aliphatic carboxylic acids is 2. The highest BCUT2D eigenvalue weighted by molar-refractivity contribution is 5.88. The van der Waals surface area contributed by atoms with Crippen molar-refractivity contribution in [1.29, 1.82) is 0 Å². The molecule has 0 aromatic rings. The molecule has 0 spiro atoms. The molecule has 84 valence electrons. The SMILES string of the molecule is CCCNCCC.O=C(O)CC(=O)O. The highest BCUT2D eigenvalue weighted by Gasteiger charge is 2.01. The number of carboxylic acid groups (broad SMARTS) is 2. The van der Waals surface area contributed by atoms with Crippen molar-refractivity contribution in [3.63, 3.8) is 0 Å². The number of rotatable bonds is 6. The van der Waals surface area contributed by atoms with E-state index < -0.39 is 18.4 Å². The Morgan fingerprint density at radius 1 is 1.00 bits per heavy atom. The van der Waals surface area contributed by atoms with E-state index >= 15 is 0 Å². The lowest BCUT2D eigenvalue weighted by atomic mass is 10.4. The van der Waals surface area contributed by atoms with Crippen molar-refractivity contribution in [3.8, 4) is 0 Å². The number of hydrogen-bond acceptors (Lipinski definition) is 3. The molecule has 0 saturated heterocycles. The Kier molecular flexibility index (Phi) is 13.1. The van der Waals surface area contributed by atoms with E-state index in [1.165, 1.54) is 25.9 Å². The van der Waals surface area contributed by atoms with E-state index in [4.69, 9.17) is 10.2 Å². The number of carboxylic acids is 2. The molecular weight excluding hydrogens is 186 g/mol. The molecule has 5 nitrogen and oxygen atoms in total. The van der Waals surface area contributed by atoms with Crippen LogP contribution in [0.3, 0.4) is 0 Å². The second-order valence-corrected chi connectivity index (χ2v) is 2.71. The van der Waals surface area contributed by atoms with Crippen LogP contribution in [-0.4, -0.2) is 35.2 Å². The minimum absolute atomic E-state index is 0.806. The molecule has 0 amide bonds. The first-order valence-electron chi connectivity index (χ1n) is 4.68. The molecule has 0 radical (unpaired) electrons. The van der Waals surface area contributed by atoms with E-state index in [0.29, 0.717) is 0 Å². The summed E-state index contributed by atoms with van der Waals surface area (Å²) in [5.74, 6) is -2.62. The smallest absolute Gasteiger partial charge is 0.314 e. The van der Waals surface area contributed by atoms with Crippen molar-refractivity contribution in [1.82, 2.24) is 5.32 Å².